The molecule has 0 aliphatic carbocycles. The van der Waals surface area contributed by atoms with E-state index in [-0.39, 0.29) is 37.2 Å². The molecular formula is C3H8Cl3-3. The van der Waals surface area contributed by atoms with Crippen LogP contribution in [0.4, 0.5) is 0 Å². The highest BCUT2D eigenvalue weighted by Crippen LogP contribution is 1.56. The van der Waals surface area contributed by atoms with Gasteiger partial charge in [0.25, 0.3) is 0 Å². The first-order chi connectivity index (χ1) is 1.41. The largest absolute Gasteiger partial charge is 1.00 e. The average Bonchev–Trinajstić information content (AvgIpc) is 0.918. The molecule has 0 amide bonds. The van der Waals surface area contributed by atoms with E-state index in [1.807, 2.05) is 0 Å². The van der Waals surface area contributed by atoms with E-state index in [2.05, 4.69) is 13.8 Å². The molecule has 44 valence electrons. The first-order valence-electron chi connectivity index (χ1n) is 1.41. The minimum absolute atomic E-state index is 0. The van der Waals surface area contributed by atoms with Gasteiger partial charge in [0.05, 0.1) is 0 Å². The van der Waals surface area contributed by atoms with Crippen LogP contribution in [0.1, 0.15) is 20.3 Å². The molecule has 0 atom stereocenters. The second-order valence-corrected chi connectivity index (χ2v) is 0.707. The Hall–Kier alpha value is 0.870. The van der Waals surface area contributed by atoms with Crippen molar-refractivity contribution >= 4 is 0 Å². The summed E-state index contributed by atoms with van der Waals surface area (Å²) in [4.78, 5) is 0. The van der Waals surface area contributed by atoms with Gasteiger partial charge in [0.1, 0.15) is 0 Å². The number of rotatable bonds is 0. The lowest BCUT2D eigenvalue weighted by Crippen LogP contribution is -3.00. The standard InChI is InChI=1S/C3H8.3ClH/c1-3-2;;;/h3H2,1-2H3;3*1H/p-3. The topological polar surface area (TPSA) is 0 Å². The Balaban J connectivity index is -0.00000000667. The van der Waals surface area contributed by atoms with Crippen molar-refractivity contribution in [3.8, 4) is 0 Å². The Morgan fingerprint density at radius 3 is 0.833 bits per heavy atom. The fourth-order valence-electron chi connectivity index (χ4n) is 0. The van der Waals surface area contributed by atoms with Gasteiger partial charge in [-0.1, -0.05) is 20.3 Å². The zero-order valence-corrected chi connectivity index (χ0v) is 6.11. The minimum Gasteiger partial charge on any atom is -1.00 e. The predicted molar refractivity (Wildman–Crippen MR) is 16.0 cm³/mol. The monoisotopic (exact) mass is 149 g/mol. The van der Waals surface area contributed by atoms with Crippen molar-refractivity contribution in [2.75, 3.05) is 0 Å². The number of hydrogen-bond acceptors (Lipinski definition) is 0. The van der Waals surface area contributed by atoms with Crippen LogP contribution >= 0.6 is 0 Å². The van der Waals surface area contributed by atoms with Gasteiger partial charge in [-0.2, -0.15) is 0 Å². The van der Waals surface area contributed by atoms with E-state index in [1.165, 1.54) is 6.42 Å². The van der Waals surface area contributed by atoms with Crippen molar-refractivity contribution in [1.82, 2.24) is 0 Å². The van der Waals surface area contributed by atoms with Gasteiger partial charge < -0.3 is 37.2 Å². The summed E-state index contributed by atoms with van der Waals surface area (Å²) in [5.74, 6) is 0. The fraction of sp³-hybridized carbons (Fsp3) is 1.00. The first kappa shape index (κ1) is 28.7. The van der Waals surface area contributed by atoms with Crippen LogP contribution in [-0.2, 0) is 0 Å². The summed E-state index contributed by atoms with van der Waals surface area (Å²) >= 11 is 0. The summed E-state index contributed by atoms with van der Waals surface area (Å²) in [6.45, 7) is 4.25. The number of halogens is 3. The molecule has 0 aliphatic heterocycles. The lowest BCUT2D eigenvalue weighted by Gasteiger charge is -1.48. The molecule has 0 aromatic carbocycles. The van der Waals surface area contributed by atoms with E-state index in [0.717, 1.165) is 0 Å². The molecule has 0 heterocycles. The van der Waals surface area contributed by atoms with Gasteiger partial charge in [0.15, 0.2) is 0 Å². The second-order valence-electron chi connectivity index (χ2n) is 0.707. The van der Waals surface area contributed by atoms with Gasteiger partial charge in [0.2, 0.25) is 0 Å². The van der Waals surface area contributed by atoms with Crippen molar-refractivity contribution in [1.29, 1.82) is 0 Å². The average molecular weight is 150 g/mol. The molecule has 0 aromatic heterocycles. The van der Waals surface area contributed by atoms with Crippen LogP contribution < -0.4 is 37.2 Å². The highest BCUT2D eigenvalue weighted by molar-refractivity contribution is 3.92. The van der Waals surface area contributed by atoms with E-state index >= 15 is 0 Å². The van der Waals surface area contributed by atoms with Gasteiger partial charge >= 0.3 is 0 Å². The van der Waals surface area contributed by atoms with Crippen LogP contribution in [0.25, 0.3) is 0 Å². The van der Waals surface area contributed by atoms with Crippen LogP contribution in [0.2, 0.25) is 0 Å². The second kappa shape index (κ2) is 39.8. The van der Waals surface area contributed by atoms with Crippen LogP contribution in [0, 0.1) is 0 Å². The third-order valence-electron chi connectivity index (χ3n) is 0. The van der Waals surface area contributed by atoms with Crippen LogP contribution in [0.15, 0.2) is 0 Å². The van der Waals surface area contributed by atoms with Gasteiger partial charge in [-0.3, -0.25) is 0 Å². The molecule has 0 saturated heterocycles. The molecule has 0 aromatic rings. The van der Waals surface area contributed by atoms with Crippen LogP contribution in [0.5, 0.6) is 0 Å². The molecule has 0 unspecified atom stereocenters. The molecule has 0 saturated carbocycles. The van der Waals surface area contributed by atoms with E-state index < -0.39 is 0 Å². The van der Waals surface area contributed by atoms with Crippen molar-refractivity contribution < 1.29 is 37.2 Å². The van der Waals surface area contributed by atoms with Crippen molar-refractivity contribution in [2.24, 2.45) is 0 Å². The highest BCUT2D eigenvalue weighted by Gasteiger charge is 1.35. The SMILES string of the molecule is CCC.[Cl-].[Cl-].[Cl-]. The summed E-state index contributed by atoms with van der Waals surface area (Å²) in [5, 5.41) is 0. The summed E-state index contributed by atoms with van der Waals surface area (Å²) in [6.07, 6.45) is 1.25. The Labute approximate surface area is 57.9 Å². The maximum absolute atomic E-state index is 2.12. The molecule has 0 radical (unpaired) electrons. The van der Waals surface area contributed by atoms with Crippen LogP contribution in [-0.4, -0.2) is 0 Å². The minimum atomic E-state index is 0. The normalized spacial score (nSPS) is 3.00. The first-order valence-corrected chi connectivity index (χ1v) is 1.41. The lowest BCUT2D eigenvalue weighted by atomic mass is 10.6. The molecule has 0 fully saturated rings. The Kier molecular flexibility index (Phi) is 191. The van der Waals surface area contributed by atoms with Crippen molar-refractivity contribution in [3.63, 3.8) is 0 Å². The van der Waals surface area contributed by atoms with E-state index in [1.54, 1.807) is 0 Å². The zero-order valence-electron chi connectivity index (χ0n) is 3.84. The van der Waals surface area contributed by atoms with Crippen LogP contribution in [0.3, 0.4) is 0 Å². The van der Waals surface area contributed by atoms with Gasteiger partial charge in [-0.05, 0) is 0 Å². The van der Waals surface area contributed by atoms with Crippen molar-refractivity contribution in [3.05, 3.63) is 0 Å². The molecule has 0 N–H and O–H groups in total. The molecule has 0 aliphatic rings. The van der Waals surface area contributed by atoms with E-state index in [4.69, 9.17) is 0 Å². The third-order valence-corrected chi connectivity index (χ3v) is 0. The maximum Gasteiger partial charge on any atom is -0.0590 e. The Morgan fingerprint density at radius 2 is 0.833 bits per heavy atom. The predicted octanol–water partition coefficient (Wildman–Crippen LogP) is -7.57. The molecule has 0 bridgehead atoms. The van der Waals surface area contributed by atoms with Gasteiger partial charge in [0, 0.05) is 0 Å². The molecule has 0 rings (SSSR count). The summed E-state index contributed by atoms with van der Waals surface area (Å²) < 4.78 is 0. The van der Waals surface area contributed by atoms with Gasteiger partial charge in [-0.15, -0.1) is 0 Å². The van der Waals surface area contributed by atoms with Gasteiger partial charge in [-0.25, -0.2) is 0 Å². The van der Waals surface area contributed by atoms with E-state index in [9.17, 15) is 0 Å². The summed E-state index contributed by atoms with van der Waals surface area (Å²) in [5.41, 5.74) is 0. The molecule has 0 spiro atoms. The summed E-state index contributed by atoms with van der Waals surface area (Å²) in [7, 11) is 0. The van der Waals surface area contributed by atoms with E-state index in [0.29, 0.717) is 0 Å². The fourth-order valence-corrected chi connectivity index (χ4v) is 0. The molecule has 3 heteroatoms. The zero-order chi connectivity index (χ0) is 2.71. The Bertz CT molecular complexity index is 6.00. The summed E-state index contributed by atoms with van der Waals surface area (Å²) in [6, 6.07) is 0. The smallest absolute Gasteiger partial charge is 0.0590 e. The quantitative estimate of drug-likeness (QED) is 0.322. The molecular weight excluding hydrogens is 142 g/mol. The lowest BCUT2D eigenvalue weighted by molar-refractivity contribution is -0.00100. The molecule has 6 heavy (non-hydrogen) atoms. The number of hydrogen-bond donors (Lipinski definition) is 0. The maximum atomic E-state index is 2.12. The highest BCUT2D eigenvalue weighted by atomic mass is 35.5. The van der Waals surface area contributed by atoms with Crippen molar-refractivity contribution in [2.45, 2.75) is 20.3 Å². The Morgan fingerprint density at radius 1 is 0.833 bits per heavy atom. The molecule has 0 nitrogen and oxygen atoms in total. The third kappa shape index (κ3) is 96.4.